The first-order valence-electron chi connectivity index (χ1n) is 6.38. The molecule has 94 valence electrons. The van der Waals surface area contributed by atoms with Gasteiger partial charge in [-0.3, -0.25) is 0 Å². The predicted molar refractivity (Wildman–Crippen MR) is 76.3 cm³/mol. The Morgan fingerprint density at radius 2 is 2.00 bits per heavy atom. The van der Waals surface area contributed by atoms with Gasteiger partial charge >= 0.3 is 0 Å². The Labute approximate surface area is 106 Å². The van der Waals surface area contributed by atoms with E-state index in [0.29, 0.717) is 6.04 Å². The maximum atomic E-state index is 4.00. The van der Waals surface area contributed by atoms with Crippen LogP contribution in [0.4, 0.5) is 0 Å². The molecule has 0 spiro atoms. The van der Waals surface area contributed by atoms with Crippen LogP contribution < -0.4 is 5.32 Å². The van der Waals surface area contributed by atoms with E-state index in [0.717, 1.165) is 13.0 Å². The normalized spacial score (nSPS) is 14.6. The van der Waals surface area contributed by atoms with Crippen LogP contribution in [0.25, 0.3) is 0 Å². The topological polar surface area (TPSA) is 12.0 Å². The molecule has 0 saturated carbocycles. The summed E-state index contributed by atoms with van der Waals surface area (Å²) in [6.45, 7) is 13.8. The molecule has 0 aromatic heterocycles. The minimum Gasteiger partial charge on any atom is -0.314 e. The number of nitrogens with one attached hydrogen (secondary N) is 1. The van der Waals surface area contributed by atoms with Gasteiger partial charge in [-0.05, 0) is 24.5 Å². The number of aryl methyl sites for hydroxylation is 1. The van der Waals surface area contributed by atoms with Crippen LogP contribution in [-0.2, 0) is 6.42 Å². The fourth-order valence-corrected chi connectivity index (χ4v) is 1.89. The third-order valence-corrected chi connectivity index (χ3v) is 3.26. The van der Waals surface area contributed by atoms with E-state index in [4.69, 9.17) is 0 Å². The lowest BCUT2D eigenvalue weighted by molar-refractivity contribution is 0.373. The molecule has 0 radical (unpaired) electrons. The van der Waals surface area contributed by atoms with Gasteiger partial charge in [-0.2, -0.15) is 0 Å². The van der Waals surface area contributed by atoms with Crippen LogP contribution in [0.3, 0.4) is 0 Å². The average molecular weight is 231 g/mol. The molecule has 1 nitrogen and oxygen atoms in total. The molecule has 1 heteroatoms. The van der Waals surface area contributed by atoms with E-state index < -0.39 is 0 Å². The highest BCUT2D eigenvalue weighted by molar-refractivity contribution is 5.27. The van der Waals surface area contributed by atoms with Crippen LogP contribution in [0.15, 0.2) is 36.9 Å². The molecule has 0 aliphatic rings. The molecule has 0 aliphatic heterocycles. The van der Waals surface area contributed by atoms with Crippen LogP contribution in [0.1, 0.15) is 31.9 Å². The monoisotopic (exact) mass is 231 g/mol. The summed E-state index contributed by atoms with van der Waals surface area (Å²) in [5.74, 6) is 0. The molecular weight excluding hydrogens is 206 g/mol. The number of hydrogen-bond acceptors (Lipinski definition) is 1. The van der Waals surface area contributed by atoms with Crippen molar-refractivity contribution in [3.8, 4) is 0 Å². The smallest absolute Gasteiger partial charge is 0.00453 e. The highest BCUT2D eigenvalue weighted by atomic mass is 14.9. The van der Waals surface area contributed by atoms with Crippen molar-refractivity contribution in [1.29, 1.82) is 0 Å². The maximum absolute atomic E-state index is 4.00. The summed E-state index contributed by atoms with van der Waals surface area (Å²) in [6, 6.07) is 9.12. The van der Waals surface area contributed by atoms with Crippen LogP contribution >= 0.6 is 0 Å². The van der Waals surface area contributed by atoms with Gasteiger partial charge in [-0.25, -0.2) is 0 Å². The lowest BCUT2D eigenvalue weighted by Gasteiger charge is -2.28. The zero-order valence-electron chi connectivity index (χ0n) is 11.6. The summed E-state index contributed by atoms with van der Waals surface area (Å²) in [4.78, 5) is 0. The first-order valence-corrected chi connectivity index (χ1v) is 6.38. The van der Waals surface area contributed by atoms with Gasteiger partial charge in [0, 0.05) is 18.0 Å². The molecule has 0 bridgehead atoms. The molecule has 1 atom stereocenters. The maximum Gasteiger partial charge on any atom is 0.00453 e. The Morgan fingerprint density at radius 3 is 2.53 bits per heavy atom. The molecule has 0 saturated heterocycles. The van der Waals surface area contributed by atoms with Crippen molar-refractivity contribution in [1.82, 2.24) is 5.32 Å². The van der Waals surface area contributed by atoms with E-state index in [2.05, 4.69) is 69.9 Å². The Bertz CT molecular complexity index is 368. The zero-order chi connectivity index (χ0) is 12.9. The second-order valence-electron chi connectivity index (χ2n) is 5.50. The van der Waals surface area contributed by atoms with Crippen LogP contribution in [-0.4, -0.2) is 12.6 Å². The van der Waals surface area contributed by atoms with Gasteiger partial charge in [-0.15, -0.1) is 6.58 Å². The quantitative estimate of drug-likeness (QED) is 0.736. The van der Waals surface area contributed by atoms with E-state index in [1.54, 1.807) is 0 Å². The minimum absolute atomic E-state index is 0.121. The van der Waals surface area contributed by atoms with E-state index in [1.807, 2.05) is 0 Å². The fourth-order valence-electron chi connectivity index (χ4n) is 1.89. The molecule has 1 unspecified atom stereocenters. The number of benzene rings is 1. The summed E-state index contributed by atoms with van der Waals surface area (Å²) in [7, 11) is 0. The van der Waals surface area contributed by atoms with Crippen LogP contribution in [0.5, 0.6) is 0 Å². The van der Waals surface area contributed by atoms with Gasteiger partial charge in [0.2, 0.25) is 0 Å². The fraction of sp³-hybridized carbons (Fsp3) is 0.500. The van der Waals surface area contributed by atoms with Gasteiger partial charge in [0.15, 0.2) is 0 Å². The highest BCUT2D eigenvalue weighted by Crippen LogP contribution is 2.25. The van der Waals surface area contributed by atoms with Crippen LogP contribution in [0.2, 0.25) is 0 Å². The van der Waals surface area contributed by atoms with Gasteiger partial charge in [0.05, 0.1) is 0 Å². The number of rotatable bonds is 6. The molecule has 1 N–H and O–H groups in total. The summed E-state index contributed by atoms with van der Waals surface area (Å²) in [6.07, 6.45) is 3.12. The van der Waals surface area contributed by atoms with Crippen LogP contribution in [0, 0.1) is 12.3 Å². The Hall–Kier alpha value is -1.08. The van der Waals surface area contributed by atoms with Gasteiger partial charge in [0.25, 0.3) is 0 Å². The summed E-state index contributed by atoms with van der Waals surface area (Å²) >= 11 is 0. The number of hydrogen-bond donors (Lipinski definition) is 1. The van der Waals surface area contributed by atoms with Crippen molar-refractivity contribution in [3.05, 3.63) is 48.0 Å². The predicted octanol–water partition coefficient (Wildman–Crippen LogP) is 3.73. The molecule has 1 rings (SSSR count). The Kier molecular flexibility index (Phi) is 4.95. The Morgan fingerprint density at radius 1 is 1.35 bits per heavy atom. The molecule has 0 amide bonds. The van der Waals surface area contributed by atoms with Crippen molar-refractivity contribution in [2.45, 2.75) is 40.2 Å². The molecule has 1 aromatic carbocycles. The first kappa shape index (κ1) is 14.0. The van der Waals surface area contributed by atoms with Crippen molar-refractivity contribution in [2.75, 3.05) is 6.54 Å². The molecule has 17 heavy (non-hydrogen) atoms. The van der Waals surface area contributed by atoms with E-state index in [1.165, 1.54) is 11.1 Å². The van der Waals surface area contributed by atoms with Crippen molar-refractivity contribution >= 4 is 0 Å². The lowest BCUT2D eigenvalue weighted by Crippen LogP contribution is -2.36. The summed E-state index contributed by atoms with van der Waals surface area (Å²) < 4.78 is 0. The highest BCUT2D eigenvalue weighted by Gasteiger charge is 2.21. The third-order valence-electron chi connectivity index (χ3n) is 3.26. The van der Waals surface area contributed by atoms with E-state index in [-0.39, 0.29) is 5.41 Å². The molecule has 0 aliphatic carbocycles. The molecule has 0 heterocycles. The SMILES string of the molecule is C=CC(C)(CNC(C)C)Cc1ccccc1C. The Balaban J connectivity index is 2.75. The van der Waals surface area contributed by atoms with Crippen molar-refractivity contribution in [3.63, 3.8) is 0 Å². The van der Waals surface area contributed by atoms with Crippen molar-refractivity contribution < 1.29 is 0 Å². The summed E-state index contributed by atoms with van der Waals surface area (Å²) in [5.41, 5.74) is 2.90. The standard InChI is InChI=1S/C16H25N/c1-6-16(5,12-17-13(2)3)11-15-10-8-7-9-14(15)4/h6-10,13,17H,1,11-12H2,2-5H3. The first-order chi connectivity index (χ1) is 7.97. The third kappa shape index (κ3) is 4.35. The molecular formula is C16H25N. The van der Waals surface area contributed by atoms with E-state index in [9.17, 15) is 0 Å². The average Bonchev–Trinajstić information content (AvgIpc) is 2.30. The van der Waals surface area contributed by atoms with E-state index >= 15 is 0 Å². The lowest BCUT2D eigenvalue weighted by atomic mass is 9.82. The summed E-state index contributed by atoms with van der Waals surface area (Å²) in [5, 5.41) is 3.51. The second kappa shape index (κ2) is 6.02. The largest absolute Gasteiger partial charge is 0.314 e. The van der Waals surface area contributed by atoms with Gasteiger partial charge < -0.3 is 5.32 Å². The van der Waals surface area contributed by atoms with Gasteiger partial charge in [-0.1, -0.05) is 51.1 Å². The minimum atomic E-state index is 0.121. The molecule has 1 aromatic rings. The second-order valence-corrected chi connectivity index (χ2v) is 5.50. The van der Waals surface area contributed by atoms with Crippen molar-refractivity contribution in [2.24, 2.45) is 5.41 Å². The van der Waals surface area contributed by atoms with Gasteiger partial charge in [0.1, 0.15) is 0 Å². The zero-order valence-corrected chi connectivity index (χ0v) is 11.6. The molecule has 0 fully saturated rings.